The van der Waals surface area contributed by atoms with Crippen LogP contribution in [0.3, 0.4) is 0 Å². The molecule has 1 unspecified atom stereocenters. The molecule has 118 valence electrons. The van der Waals surface area contributed by atoms with E-state index in [0.717, 1.165) is 0 Å². The van der Waals surface area contributed by atoms with Gasteiger partial charge in [0.2, 0.25) is 11.8 Å². The molecule has 22 heavy (non-hydrogen) atoms. The Bertz CT molecular complexity index is 665. The van der Waals surface area contributed by atoms with E-state index in [1.54, 1.807) is 24.4 Å². The zero-order valence-corrected chi connectivity index (χ0v) is 13.2. The van der Waals surface area contributed by atoms with E-state index >= 15 is 0 Å². The second kappa shape index (κ2) is 7.19. The number of amides is 2. The van der Waals surface area contributed by atoms with Gasteiger partial charge >= 0.3 is 0 Å². The minimum Gasteiger partial charge on any atom is -0.458 e. The monoisotopic (exact) mass is 322 g/mol. The largest absolute Gasteiger partial charge is 0.458 e. The number of nitrogens with two attached hydrogens (primary N) is 1. The molecular weight excluding hydrogens is 304 g/mol. The molecule has 2 amide bonds. The summed E-state index contributed by atoms with van der Waals surface area (Å²) in [6, 6.07) is 3.56. The fourth-order valence-corrected chi connectivity index (χ4v) is 2.30. The van der Waals surface area contributed by atoms with Gasteiger partial charge in [0.1, 0.15) is 11.5 Å². The quantitative estimate of drug-likeness (QED) is 0.748. The fraction of sp³-hybridized carbons (Fsp3) is 0.357. The summed E-state index contributed by atoms with van der Waals surface area (Å²) in [7, 11) is 0. The van der Waals surface area contributed by atoms with Gasteiger partial charge in [-0.05, 0) is 12.1 Å². The van der Waals surface area contributed by atoms with Crippen molar-refractivity contribution in [1.82, 2.24) is 10.3 Å². The first-order valence-corrected chi connectivity index (χ1v) is 7.67. The van der Waals surface area contributed by atoms with Crippen LogP contribution in [0.25, 0.3) is 11.5 Å². The van der Waals surface area contributed by atoms with E-state index in [2.05, 4.69) is 15.6 Å². The molecule has 0 aliphatic rings. The van der Waals surface area contributed by atoms with E-state index in [9.17, 15) is 9.59 Å². The number of rotatable bonds is 6. The van der Waals surface area contributed by atoms with Crippen LogP contribution < -0.4 is 16.4 Å². The van der Waals surface area contributed by atoms with Gasteiger partial charge in [0.25, 0.3) is 0 Å². The van der Waals surface area contributed by atoms with Crippen LogP contribution in [0, 0.1) is 5.92 Å². The van der Waals surface area contributed by atoms with Crippen LogP contribution in [0.1, 0.15) is 19.6 Å². The van der Waals surface area contributed by atoms with Crippen LogP contribution in [0.4, 0.5) is 5.13 Å². The van der Waals surface area contributed by atoms with Crippen LogP contribution in [0.2, 0.25) is 0 Å². The molecule has 0 bridgehead atoms. The van der Waals surface area contributed by atoms with Crippen molar-refractivity contribution in [2.24, 2.45) is 11.7 Å². The lowest BCUT2D eigenvalue weighted by molar-refractivity contribution is -0.120. The molecule has 0 aliphatic carbocycles. The lowest BCUT2D eigenvalue weighted by atomic mass is 10.2. The van der Waals surface area contributed by atoms with Crippen molar-refractivity contribution in [2.75, 3.05) is 11.9 Å². The Hall–Kier alpha value is -2.19. The highest BCUT2D eigenvalue weighted by Gasteiger charge is 2.14. The normalized spacial score (nSPS) is 12.0. The Morgan fingerprint density at radius 2 is 2.23 bits per heavy atom. The first kappa shape index (κ1) is 16.2. The summed E-state index contributed by atoms with van der Waals surface area (Å²) in [6.07, 6.45) is 0. The third-order valence-corrected chi connectivity index (χ3v) is 3.72. The third kappa shape index (κ3) is 4.15. The number of furan rings is 1. The topological polar surface area (TPSA) is 110 Å². The van der Waals surface area contributed by atoms with Gasteiger partial charge in [0.05, 0.1) is 6.54 Å². The Morgan fingerprint density at radius 1 is 1.45 bits per heavy atom. The molecule has 2 rings (SSSR count). The van der Waals surface area contributed by atoms with Gasteiger partial charge in [-0.1, -0.05) is 6.92 Å². The zero-order chi connectivity index (χ0) is 16.1. The third-order valence-electron chi connectivity index (χ3n) is 2.96. The number of carbonyl (C=O) groups excluding carboxylic acids is 2. The van der Waals surface area contributed by atoms with Gasteiger partial charge < -0.3 is 20.8 Å². The van der Waals surface area contributed by atoms with Crippen LogP contribution in [0.15, 0.2) is 21.9 Å². The molecule has 1 atom stereocenters. The molecule has 2 aromatic rings. The van der Waals surface area contributed by atoms with Crippen LogP contribution in [-0.4, -0.2) is 23.3 Å². The lowest BCUT2D eigenvalue weighted by Crippen LogP contribution is -2.26. The summed E-state index contributed by atoms with van der Waals surface area (Å²) in [5.74, 6) is 0.685. The molecule has 0 spiro atoms. The van der Waals surface area contributed by atoms with Crippen molar-refractivity contribution >= 4 is 28.3 Å². The van der Waals surface area contributed by atoms with Crippen molar-refractivity contribution in [3.05, 3.63) is 23.3 Å². The Labute approximate surface area is 131 Å². The SMILES string of the molecule is CC(=O)NCc1ccc(-c2csc(NC(=O)C(C)CN)n2)o1. The molecule has 2 heterocycles. The summed E-state index contributed by atoms with van der Waals surface area (Å²) >= 11 is 1.31. The van der Waals surface area contributed by atoms with E-state index in [-0.39, 0.29) is 24.3 Å². The molecule has 0 saturated heterocycles. The van der Waals surface area contributed by atoms with Crippen LogP contribution in [0.5, 0.6) is 0 Å². The Kier molecular flexibility index (Phi) is 5.29. The number of hydrogen-bond donors (Lipinski definition) is 3. The minimum absolute atomic E-state index is 0.120. The number of carbonyl (C=O) groups is 2. The van der Waals surface area contributed by atoms with E-state index < -0.39 is 0 Å². The number of anilines is 1. The number of nitrogens with one attached hydrogen (secondary N) is 2. The highest BCUT2D eigenvalue weighted by Crippen LogP contribution is 2.26. The summed E-state index contributed by atoms with van der Waals surface area (Å²) < 4.78 is 5.60. The van der Waals surface area contributed by atoms with Gasteiger partial charge in [-0.25, -0.2) is 4.98 Å². The van der Waals surface area contributed by atoms with Gasteiger partial charge in [-0.2, -0.15) is 0 Å². The lowest BCUT2D eigenvalue weighted by Gasteiger charge is -2.06. The van der Waals surface area contributed by atoms with Gasteiger partial charge in [0, 0.05) is 24.8 Å². The van der Waals surface area contributed by atoms with Gasteiger partial charge in [-0.3, -0.25) is 9.59 Å². The second-order valence-electron chi connectivity index (χ2n) is 4.84. The maximum Gasteiger partial charge on any atom is 0.230 e. The number of thiazole rings is 1. The minimum atomic E-state index is -0.264. The maximum absolute atomic E-state index is 11.8. The van der Waals surface area contributed by atoms with E-state index in [1.807, 2.05) is 0 Å². The molecule has 0 fully saturated rings. The number of nitrogens with zero attached hydrogens (tertiary/aromatic N) is 1. The molecule has 0 aliphatic heterocycles. The van der Waals surface area contributed by atoms with E-state index in [0.29, 0.717) is 28.9 Å². The highest BCUT2D eigenvalue weighted by atomic mass is 32.1. The maximum atomic E-state index is 11.8. The van der Waals surface area contributed by atoms with Crippen molar-refractivity contribution in [3.63, 3.8) is 0 Å². The summed E-state index contributed by atoms with van der Waals surface area (Å²) in [5.41, 5.74) is 6.09. The predicted molar refractivity (Wildman–Crippen MR) is 84.2 cm³/mol. The molecule has 4 N–H and O–H groups in total. The average molecular weight is 322 g/mol. The Balaban J connectivity index is 2.02. The molecule has 0 radical (unpaired) electrons. The molecule has 2 aromatic heterocycles. The van der Waals surface area contributed by atoms with Crippen molar-refractivity contribution < 1.29 is 14.0 Å². The first-order valence-electron chi connectivity index (χ1n) is 6.79. The van der Waals surface area contributed by atoms with E-state index in [4.69, 9.17) is 10.2 Å². The number of hydrogen-bond acceptors (Lipinski definition) is 6. The Morgan fingerprint density at radius 3 is 2.91 bits per heavy atom. The van der Waals surface area contributed by atoms with Crippen LogP contribution in [-0.2, 0) is 16.1 Å². The molecule has 0 saturated carbocycles. The van der Waals surface area contributed by atoms with Crippen LogP contribution >= 0.6 is 11.3 Å². The molecule has 8 heteroatoms. The van der Waals surface area contributed by atoms with Crippen molar-refractivity contribution in [3.8, 4) is 11.5 Å². The molecule has 7 nitrogen and oxygen atoms in total. The zero-order valence-electron chi connectivity index (χ0n) is 12.4. The second-order valence-corrected chi connectivity index (χ2v) is 5.70. The summed E-state index contributed by atoms with van der Waals surface area (Å²) in [5, 5.41) is 7.67. The average Bonchev–Trinajstić information content (AvgIpc) is 3.12. The molecule has 0 aromatic carbocycles. The summed E-state index contributed by atoms with van der Waals surface area (Å²) in [6.45, 7) is 3.82. The van der Waals surface area contributed by atoms with E-state index in [1.165, 1.54) is 18.3 Å². The van der Waals surface area contributed by atoms with Crippen molar-refractivity contribution in [2.45, 2.75) is 20.4 Å². The summed E-state index contributed by atoms with van der Waals surface area (Å²) in [4.78, 5) is 26.9. The molecular formula is C14H18N4O3S. The van der Waals surface area contributed by atoms with Gasteiger partial charge in [-0.15, -0.1) is 11.3 Å². The number of aromatic nitrogens is 1. The van der Waals surface area contributed by atoms with Crippen molar-refractivity contribution in [1.29, 1.82) is 0 Å². The fourth-order valence-electron chi connectivity index (χ4n) is 1.60. The predicted octanol–water partition coefficient (Wildman–Crippen LogP) is 1.57. The highest BCUT2D eigenvalue weighted by molar-refractivity contribution is 7.14. The van der Waals surface area contributed by atoms with Gasteiger partial charge in [0.15, 0.2) is 10.9 Å². The first-order chi connectivity index (χ1) is 10.5. The smallest absolute Gasteiger partial charge is 0.230 e. The standard InChI is InChI=1S/C14H18N4O3S/c1-8(5-15)13(20)18-14-17-11(7-22-14)12-4-3-10(21-12)6-16-9(2)19/h3-4,7-8H,5-6,15H2,1-2H3,(H,16,19)(H,17,18,20).